The van der Waals surface area contributed by atoms with Crippen LogP contribution in [-0.4, -0.2) is 59.3 Å². The molecule has 0 unspecified atom stereocenters. The SMILES string of the molecule is OCCCN1CCN(c2ncnc3ccccc23)CC1. The number of hydrogen-bond acceptors (Lipinski definition) is 5. The van der Waals surface area contributed by atoms with Crippen molar-refractivity contribution in [3.8, 4) is 0 Å². The quantitative estimate of drug-likeness (QED) is 0.904. The maximum absolute atomic E-state index is 8.89. The van der Waals surface area contributed by atoms with E-state index in [9.17, 15) is 0 Å². The van der Waals surface area contributed by atoms with E-state index in [-0.39, 0.29) is 6.61 Å². The van der Waals surface area contributed by atoms with Crippen LogP contribution in [0.3, 0.4) is 0 Å². The van der Waals surface area contributed by atoms with Crippen molar-refractivity contribution in [2.75, 3.05) is 44.2 Å². The molecular weight excluding hydrogens is 252 g/mol. The third-order valence-electron chi connectivity index (χ3n) is 3.83. The molecule has 0 aliphatic carbocycles. The number of benzene rings is 1. The molecular formula is C15H20N4O. The molecule has 0 amide bonds. The first-order valence-corrected chi connectivity index (χ1v) is 7.16. The fourth-order valence-electron chi connectivity index (χ4n) is 2.72. The number of fused-ring (bicyclic) bond motifs is 1. The largest absolute Gasteiger partial charge is 0.396 e. The van der Waals surface area contributed by atoms with E-state index < -0.39 is 0 Å². The molecule has 0 spiro atoms. The van der Waals surface area contributed by atoms with E-state index in [4.69, 9.17) is 5.11 Å². The highest BCUT2D eigenvalue weighted by molar-refractivity contribution is 5.89. The van der Waals surface area contributed by atoms with E-state index in [0.717, 1.165) is 55.9 Å². The summed E-state index contributed by atoms with van der Waals surface area (Å²) in [5.74, 6) is 1.04. The van der Waals surface area contributed by atoms with Crippen molar-refractivity contribution in [1.29, 1.82) is 0 Å². The van der Waals surface area contributed by atoms with Gasteiger partial charge in [-0.3, -0.25) is 4.90 Å². The first kappa shape index (κ1) is 13.3. The summed E-state index contributed by atoms with van der Waals surface area (Å²) in [4.78, 5) is 13.5. The van der Waals surface area contributed by atoms with Crippen molar-refractivity contribution < 1.29 is 5.11 Å². The van der Waals surface area contributed by atoms with Gasteiger partial charge < -0.3 is 10.0 Å². The summed E-state index contributed by atoms with van der Waals surface area (Å²) in [7, 11) is 0. The van der Waals surface area contributed by atoms with Gasteiger partial charge in [-0.15, -0.1) is 0 Å². The molecule has 0 bridgehead atoms. The maximum Gasteiger partial charge on any atom is 0.139 e. The van der Waals surface area contributed by atoms with Crippen molar-refractivity contribution >= 4 is 16.7 Å². The molecule has 1 saturated heterocycles. The third-order valence-corrected chi connectivity index (χ3v) is 3.83. The Morgan fingerprint density at radius 3 is 2.65 bits per heavy atom. The summed E-state index contributed by atoms with van der Waals surface area (Å²) in [5, 5.41) is 10.0. The molecule has 1 aromatic heterocycles. The molecule has 0 atom stereocenters. The number of rotatable bonds is 4. The summed E-state index contributed by atoms with van der Waals surface area (Å²) in [5.41, 5.74) is 1.00. The summed E-state index contributed by atoms with van der Waals surface area (Å²) < 4.78 is 0. The van der Waals surface area contributed by atoms with Gasteiger partial charge in [0.25, 0.3) is 0 Å². The van der Waals surface area contributed by atoms with Crippen molar-refractivity contribution in [2.24, 2.45) is 0 Å². The normalized spacial score (nSPS) is 16.8. The Bertz CT molecular complexity index is 561. The number of aliphatic hydroxyl groups is 1. The molecule has 5 heteroatoms. The third kappa shape index (κ3) is 2.73. The molecule has 1 N–H and O–H groups in total. The van der Waals surface area contributed by atoms with E-state index in [0.29, 0.717) is 0 Å². The van der Waals surface area contributed by atoms with E-state index in [1.807, 2.05) is 18.2 Å². The van der Waals surface area contributed by atoms with Crippen LogP contribution in [-0.2, 0) is 0 Å². The molecule has 1 aromatic carbocycles. The van der Waals surface area contributed by atoms with Crippen LogP contribution >= 0.6 is 0 Å². The molecule has 2 aromatic rings. The number of hydrogen-bond donors (Lipinski definition) is 1. The Morgan fingerprint density at radius 2 is 1.85 bits per heavy atom. The molecule has 1 aliphatic rings. The Labute approximate surface area is 118 Å². The van der Waals surface area contributed by atoms with E-state index in [1.54, 1.807) is 6.33 Å². The van der Waals surface area contributed by atoms with Crippen molar-refractivity contribution in [2.45, 2.75) is 6.42 Å². The average molecular weight is 272 g/mol. The van der Waals surface area contributed by atoms with Crippen LogP contribution in [0, 0.1) is 0 Å². The minimum absolute atomic E-state index is 0.275. The Balaban J connectivity index is 1.74. The van der Waals surface area contributed by atoms with Gasteiger partial charge in [0.05, 0.1) is 5.52 Å². The zero-order chi connectivity index (χ0) is 13.8. The lowest BCUT2D eigenvalue weighted by Crippen LogP contribution is -2.47. The highest BCUT2D eigenvalue weighted by atomic mass is 16.3. The van der Waals surface area contributed by atoms with E-state index in [2.05, 4.69) is 25.8 Å². The van der Waals surface area contributed by atoms with Crippen LogP contribution in [0.4, 0.5) is 5.82 Å². The summed E-state index contributed by atoms with van der Waals surface area (Å²) in [6.07, 6.45) is 2.51. The lowest BCUT2D eigenvalue weighted by atomic mass is 10.2. The number of nitrogens with zero attached hydrogens (tertiary/aromatic N) is 4. The monoisotopic (exact) mass is 272 g/mol. The molecule has 0 saturated carbocycles. The molecule has 20 heavy (non-hydrogen) atoms. The average Bonchev–Trinajstić information content (AvgIpc) is 2.53. The highest BCUT2D eigenvalue weighted by Crippen LogP contribution is 2.23. The Kier molecular flexibility index (Phi) is 4.08. The van der Waals surface area contributed by atoms with Crippen molar-refractivity contribution in [3.63, 3.8) is 0 Å². The van der Waals surface area contributed by atoms with Crippen LogP contribution in [0.5, 0.6) is 0 Å². The van der Waals surface area contributed by atoms with Gasteiger partial charge in [0, 0.05) is 44.7 Å². The topological polar surface area (TPSA) is 52.5 Å². The maximum atomic E-state index is 8.89. The number of piperazine rings is 1. The fraction of sp³-hybridized carbons (Fsp3) is 0.467. The van der Waals surface area contributed by atoms with Crippen molar-refractivity contribution in [1.82, 2.24) is 14.9 Å². The van der Waals surface area contributed by atoms with Crippen LogP contribution in [0.15, 0.2) is 30.6 Å². The van der Waals surface area contributed by atoms with Crippen LogP contribution < -0.4 is 4.90 Å². The predicted molar refractivity (Wildman–Crippen MR) is 79.9 cm³/mol. The standard InChI is InChI=1S/C15H20N4O/c20-11-3-6-18-7-9-19(10-8-18)15-13-4-1-2-5-14(13)16-12-17-15/h1-2,4-5,12,20H,3,6-11H2. The van der Waals surface area contributed by atoms with Gasteiger partial charge in [-0.25, -0.2) is 9.97 Å². The van der Waals surface area contributed by atoms with Gasteiger partial charge in [-0.2, -0.15) is 0 Å². The second kappa shape index (κ2) is 6.15. The number of aromatic nitrogens is 2. The van der Waals surface area contributed by atoms with Gasteiger partial charge in [0.1, 0.15) is 12.1 Å². The predicted octanol–water partition coefficient (Wildman–Crippen LogP) is 1.13. The smallest absolute Gasteiger partial charge is 0.139 e. The van der Waals surface area contributed by atoms with E-state index >= 15 is 0 Å². The fourth-order valence-corrected chi connectivity index (χ4v) is 2.72. The zero-order valence-corrected chi connectivity index (χ0v) is 11.6. The van der Waals surface area contributed by atoms with Crippen LogP contribution in [0.25, 0.3) is 10.9 Å². The minimum Gasteiger partial charge on any atom is -0.396 e. The number of para-hydroxylation sites is 1. The second-order valence-electron chi connectivity index (χ2n) is 5.12. The molecule has 1 aliphatic heterocycles. The van der Waals surface area contributed by atoms with Gasteiger partial charge in [0.2, 0.25) is 0 Å². The zero-order valence-electron chi connectivity index (χ0n) is 11.6. The summed E-state index contributed by atoms with van der Waals surface area (Å²) in [6.45, 7) is 5.27. The second-order valence-corrected chi connectivity index (χ2v) is 5.12. The summed E-state index contributed by atoms with van der Waals surface area (Å²) >= 11 is 0. The molecule has 0 radical (unpaired) electrons. The number of aliphatic hydroxyl groups excluding tert-OH is 1. The minimum atomic E-state index is 0.275. The molecule has 2 heterocycles. The van der Waals surface area contributed by atoms with Gasteiger partial charge in [0.15, 0.2) is 0 Å². The van der Waals surface area contributed by atoms with Gasteiger partial charge in [-0.1, -0.05) is 12.1 Å². The first-order valence-electron chi connectivity index (χ1n) is 7.16. The molecule has 5 nitrogen and oxygen atoms in total. The molecule has 3 rings (SSSR count). The Hall–Kier alpha value is -1.72. The van der Waals surface area contributed by atoms with Gasteiger partial charge >= 0.3 is 0 Å². The lowest BCUT2D eigenvalue weighted by molar-refractivity contribution is 0.216. The highest BCUT2D eigenvalue weighted by Gasteiger charge is 2.19. The Morgan fingerprint density at radius 1 is 1.05 bits per heavy atom. The van der Waals surface area contributed by atoms with Crippen LogP contribution in [0.1, 0.15) is 6.42 Å². The number of anilines is 1. The van der Waals surface area contributed by atoms with Crippen molar-refractivity contribution in [3.05, 3.63) is 30.6 Å². The first-order chi connectivity index (χ1) is 9.88. The molecule has 106 valence electrons. The van der Waals surface area contributed by atoms with Crippen LogP contribution in [0.2, 0.25) is 0 Å². The summed E-state index contributed by atoms with van der Waals surface area (Å²) in [6, 6.07) is 8.15. The van der Waals surface area contributed by atoms with Gasteiger partial charge in [-0.05, 0) is 18.6 Å². The molecule has 1 fully saturated rings. The van der Waals surface area contributed by atoms with E-state index in [1.165, 1.54) is 0 Å². The lowest BCUT2D eigenvalue weighted by Gasteiger charge is -2.35.